The van der Waals surface area contributed by atoms with Gasteiger partial charge in [0, 0.05) is 47.7 Å². The molecular formula is C35H30N4O6. The summed E-state index contributed by atoms with van der Waals surface area (Å²) in [5, 5.41) is 17.4. The van der Waals surface area contributed by atoms with E-state index in [1.54, 1.807) is 31.2 Å². The Morgan fingerprint density at radius 1 is 0.978 bits per heavy atom. The van der Waals surface area contributed by atoms with Gasteiger partial charge in [-0.2, -0.15) is 0 Å². The smallest absolute Gasteiger partial charge is 0.410 e. The van der Waals surface area contributed by atoms with Crippen molar-refractivity contribution in [1.29, 1.82) is 0 Å². The molecule has 10 nitrogen and oxygen atoms in total. The van der Waals surface area contributed by atoms with E-state index >= 15 is 0 Å². The molecule has 5 atom stereocenters. The minimum atomic E-state index is -1.17. The molecule has 226 valence electrons. The summed E-state index contributed by atoms with van der Waals surface area (Å²) in [4.78, 5) is 28.8. The van der Waals surface area contributed by atoms with Gasteiger partial charge in [0.15, 0.2) is 12.0 Å². The van der Waals surface area contributed by atoms with Gasteiger partial charge in [0.2, 0.25) is 0 Å². The van der Waals surface area contributed by atoms with Crippen LogP contribution in [0.2, 0.25) is 0 Å². The number of aromatic nitrogens is 2. The molecule has 2 amide bonds. The number of rotatable bonds is 3. The highest BCUT2D eigenvalue weighted by Crippen LogP contribution is 2.55. The molecule has 1 saturated heterocycles. The number of nitrogens with zero attached hydrogens (tertiary/aromatic N) is 3. The highest BCUT2D eigenvalue weighted by atomic mass is 16.6. The van der Waals surface area contributed by atoms with Gasteiger partial charge in [-0.1, -0.05) is 54.6 Å². The molecule has 0 saturated carbocycles. The molecule has 4 aromatic carbocycles. The fourth-order valence-corrected chi connectivity index (χ4v) is 8.23. The largest absolute Gasteiger partial charge is 0.415 e. The van der Waals surface area contributed by atoms with E-state index in [0.717, 1.165) is 43.6 Å². The van der Waals surface area contributed by atoms with E-state index in [-0.39, 0.29) is 5.91 Å². The molecule has 3 aliphatic rings. The first-order valence-electron chi connectivity index (χ1n) is 15.0. The number of aliphatic hydroxyl groups excluding tert-OH is 1. The van der Waals surface area contributed by atoms with E-state index in [2.05, 4.69) is 14.5 Å². The maximum absolute atomic E-state index is 13.6. The van der Waals surface area contributed by atoms with Crippen LogP contribution in [-0.4, -0.2) is 57.4 Å². The van der Waals surface area contributed by atoms with Gasteiger partial charge in [0.05, 0.1) is 33.7 Å². The van der Waals surface area contributed by atoms with Gasteiger partial charge >= 0.3 is 6.09 Å². The topological polar surface area (TPSA) is 107 Å². The average Bonchev–Trinajstić information content (AvgIpc) is 3.65. The average molecular weight is 603 g/mol. The zero-order valence-corrected chi connectivity index (χ0v) is 24.9. The summed E-state index contributed by atoms with van der Waals surface area (Å²) in [6.45, 7) is 2.00. The van der Waals surface area contributed by atoms with Crippen molar-refractivity contribution in [3.05, 3.63) is 90.0 Å². The first kappa shape index (κ1) is 26.5. The van der Waals surface area contributed by atoms with Gasteiger partial charge in [0.25, 0.3) is 5.91 Å². The molecule has 0 spiro atoms. The maximum atomic E-state index is 13.6. The van der Waals surface area contributed by atoms with Crippen LogP contribution in [-0.2, 0) is 15.2 Å². The van der Waals surface area contributed by atoms with Crippen molar-refractivity contribution in [2.24, 2.45) is 0 Å². The van der Waals surface area contributed by atoms with E-state index in [1.165, 1.54) is 0 Å². The molecule has 10 heteroatoms. The number of benzene rings is 4. The maximum Gasteiger partial charge on any atom is 0.415 e. The first-order chi connectivity index (χ1) is 21.8. The number of likely N-dealkylation sites (N-methyl/N-ethyl adjacent to an activating group) is 1. The number of ether oxygens (including phenoxy) is 3. The van der Waals surface area contributed by atoms with Gasteiger partial charge < -0.3 is 38.7 Å². The second-order valence-electron chi connectivity index (χ2n) is 12.2. The number of carbonyl (C=O) groups excluding carboxylic acids is 2. The van der Waals surface area contributed by atoms with Crippen molar-refractivity contribution < 1.29 is 28.9 Å². The van der Waals surface area contributed by atoms with Crippen LogP contribution >= 0.6 is 0 Å². The van der Waals surface area contributed by atoms with Crippen LogP contribution in [0, 0.1) is 0 Å². The summed E-state index contributed by atoms with van der Waals surface area (Å²) < 4.78 is 23.5. The number of amides is 2. The van der Waals surface area contributed by atoms with Crippen LogP contribution in [0.25, 0.3) is 43.6 Å². The van der Waals surface area contributed by atoms with Crippen molar-refractivity contribution in [3.63, 3.8) is 0 Å². The van der Waals surface area contributed by atoms with Gasteiger partial charge in [-0.15, -0.1) is 0 Å². The Morgan fingerprint density at radius 2 is 1.64 bits per heavy atom. The summed E-state index contributed by atoms with van der Waals surface area (Å²) in [6, 6.07) is 24.5. The third-order valence-electron chi connectivity index (χ3n) is 9.98. The number of aliphatic hydroxyl groups is 1. The van der Waals surface area contributed by atoms with Crippen LogP contribution in [0.3, 0.4) is 0 Å². The monoisotopic (exact) mass is 602 g/mol. The number of methoxy groups -OCH3 is 1. The molecule has 2 N–H and O–H groups in total. The van der Waals surface area contributed by atoms with Crippen LogP contribution in [0.1, 0.15) is 41.7 Å². The quantitative estimate of drug-likeness (QED) is 0.267. The standard InChI is InChI=1S/C35H30N4O6/c1-35-31(43-3)23(37(2)34(42)44-18-11-5-4-6-12-18)17-24(45-35)38-21-15-9-7-13-19(21)25-27-28(33(41)36-32(27)40)26-20-14-8-10-16-22(20)39(35)30(26)29(25)38/h4-16,23-24,31,33,41H,17H2,1-3H3,(H,36,40)/t23?,24?,31?,33?,35-/m0/s1. The summed E-state index contributed by atoms with van der Waals surface area (Å²) >= 11 is 0. The lowest BCUT2D eigenvalue weighted by molar-refractivity contribution is -0.264. The molecule has 2 aromatic heterocycles. The van der Waals surface area contributed by atoms with Gasteiger partial charge in [-0.3, -0.25) is 4.79 Å². The number of hydrogen-bond donors (Lipinski definition) is 2. The Labute approximate surface area is 257 Å². The Hall–Kier alpha value is -4.90. The van der Waals surface area contributed by atoms with Crippen molar-refractivity contribution in [2.45, 2.75) is 43.7 Å². The van der Waals surface area contributed by atoms with Crippen molar-refractivity contribution in [2.75, 3.05) is 14.2 Å². The van der Waals surface area contributed by atoms with Gasteiger partial charge in [0.1, 0.15) is 18.1 Å². The summed E-state index contributed by atoms with van der Waals surface area (Å²) in [6.07, 6.45) is -2.42. The molecule has 6 aromatic rings. The number of fused-ring (bicyclic) bond motifs is 13. The van der Waals surface area contributed by atoms with Crippen LogP contribution in [0.4, 0.5) is 4.79 Å². The van der Waals surface area contributed by atoms with Crippen molar-refractivity contribution in [3.8, 4) is 5.75 Å². The van der Waals surface area contributed by atoms with E-state index in [0.29, 0.717) is 23.3 Å². The third-order valence-corrected chi connectivity index (χ3v) is 9.98. The molecule has 9 rings (SSSR count). The lowest BCUT2D eigenvalue weighted by atomic mass is 9.92. The number of nitrogens with one attached hydrogen (secondary N) is 1. The van der Waals surface area contributed by atoms with E-state index in [4.69, 9.17) is 14.2 Å². The summed E-state index contributed by atoms with van der Waals surface area (Å²) in [5.74, 6) is 0.142. The number of para-hydroxylation sites is 3. The van der Waals surface area contributed by atoms with Crippen molar-refractivity contribution in [1.82, 2.24) is 19.4 Å². The molecule has 45 heavy (non-hydrogen) atoms. The highest BCUT2D eigenvalue weighted by molar-refractivity contribution is 6.31. The molecule has 0 radical (unpaired) electrons. The second kappa shape index (κ2) is 9.07. The van der Waals surface area contributed by atoms with E-state index in [1.807, 2.05) is 73.7 Å². The summed E-state index contributed by atoms with van der Waals surface area (Å²) in [5.41, 5.74) is 3.38. The highest BCUT2D eigenvalue weighted by Gasteiger charge is 2.55. The third kappa shape index (κ3) is 3.28. The zero-order valence-electron chi connectivity index (χ0n) is 24.9. The molecule has 5 heterocycles. The summed E-state index contributed by atoms with van der Waals surface area (Å²) in [7, 11) is 3.37. The Balaban J connectivity index is 1.38. The Kier molecular flexibility index (Phi) is 5.34. The van der Waals surface area contributed by atoms with Crippen molar-refractivity contribution >= 4 is 55.6 Å². The molecule has 3 aliphatic heterocycles. The van der Waals surface area contributed by atoms with Crippen LogP contribution < -0.4 is 10.1 Å². The Bertz CT molecular complexity index is 2240. The van der Waals surface area contributed by atoms with E-state index < -0.39 is 36.4 Å². The van der Waals surface area contributed by atoms with Crippen LogP contribution in [0.5, 0.6) is 5.75 Å². The second-order valence-corrected chi connectivity index (χ2v) is 12.2. The number of carbonyl (C=O) groups is 2. The lowest BCUT2D eigenvalue weighted by Crippen LogP contribution is -2.61. The van der Waals surface area contributed by atoms with Gasteiger partial charge in [-0.05, 0) is 31.2 Å². The SMILES string of the molecule is COC1C(N(C)C(=O)Oc2ccccc2)CC2O[C@]1(C)n1c3ccccc3c3c4c(c5c6ccccc6n2c5c31)C(=O)NC4O. The molecule has 0 aliphatic carbocycles. The first-order valence-corrected chi connectivity index (χ1v) is 15.0. The number of hydrogen-bond acceptors (Lipinski definition) is 6. The minimum Gasteiger partial charge on any atom is -0.410 e. The predicted octanol–water partition coefficient (Wildman–Crippen LogP) is 5.76. The van der Waals surface area contributed by atoms with Gasteiger partial charge in [-0.25, -0.2) is 4.79 Å². The molecule has 1 fully saturated rings. The fraction of sp³-hybridized carbons (Fsp3) is 0.257. The van der Waals surface area contributed by atoms with Crippen LogP contribution in [0.15, 0.2) is 78.9 Å². The predicted molar refractivity (Wildman–Crippen MR) is 168 cm³/mol. The minimum absolute atomic E-state index is 0.311. The lowest BCUT2D eigenvalue weighted by Gasteiger charge is -2.50. The van der Waals surface area contributed by atoms with E-state index in [9.17, 15) is 14.7 Å². The molecule has 4 unspecified atom stereocenters. The Morgan fingerprint density at radius 3 is 2.38 bits per heavy atom. The molecular weight excluding hydrogens is 572 g/mol. The molecule has 2 bridgehead atoms. The normalized spacial score (nSPS) is 25.2. The fourth-order valence-electron chi connectivity index (χ4n) is 8.23. The zero-order chi connectivity index (χ0) is 30.8.